The van der Waals surface area contributed by atoms with Gasteiger partial charge < -0.3 is 20.4 Å². The molecule has 3 aromatic heterocycles. The van der Waals surface area contributed by atoms with E-state index < -0.39 is 24.0 Å². The third-order valence-corrected chi connectivity index (χ3v) is 8.05. The number of hydrogen-bond acceptors (Lipinski definition) is 9. The number of nitrogens with one attached hydrogen (secondary N) is 3. The first-order valence-corrected chi connectivity index (χ1v) is 14.0. The molecule has 3 atom stereocenters. The normalized spacial score (nSPS) is 21.0. The standard InChI is InChI=1S/C25H32N6O4S2/c1-10(2)16-23-31-19(13(7)35-23)22(34)30-18(12(5)6)25-27-15(9-37-25)21(33)29-17(11(3)4)24-26-14(8-36-24)20(32)28-16/h8-12,16-18H,1-7H3,(H,28,32)(H,29,33)(H,30,34)/t16-,17+,18+/m1/s1. The van der Waals surface area contributed by atoms with Crippen molar-refractivity contribution in [3.8, 4) is 0 Å². The Balaban J connectivity index is 1.81. The number of nitrogens with zero attached hydrogens (tertiary/aromatic N) is 3. The lowest BCUT2D eigenvalue weighted by molar-refractivity contribution is 0.0908. The Labute approximate surface area is 223 Å². The largest absolute Gasteiger partial charge is 0.443 e. The zero-order valence-corrected chi connectivity index (χ0v) is 23.5. The number of carbonyl (C=O) groups is 3. The van der Waals surface area contributed by atoms with Crippen LogP contribution < -0.4 is 16.0 Å². The van der Waals surface area contributed by atoms with Crippen molar-refractivity contribution < 1.29 is 18.8 Å². The first-order chi connectivity index (χ1) is 17.5. The topological polar surface area (TPSA) is 139 Å². The number of oxazole rings is 1. The van der Waals surface area contributed by atoms with Crippen LogP contribution in [-0.2, 0) is 0 Å². The van der Waals surface area contributed by atoms with E-state index in [1.54, 1.807) is 17.7 Å². The predicted octanol–water partition coefficient (Wildman–Crippen LogP) is 4.59. The van der Waals surface area contributed by atoms with Crippen LogP contribution in [0, 0.1) is 24.7 Å². The molecular formula is C25H32N6O4S2. The summed E-state index contributed by atoms with van der Waals surface area (Å²) in [5, 5.41) is 13.6. The molecule has 0 saturated heterocycles. The van der Waals surface area contributed by atoms with E-state index in [2.05, 4.69) is 30.9 Å². The SMILES string of the molecule is Cc1oc2nc1C(=O)N[C@@H](C(C)C)c1nc(cs1)C(=O)N[C@@H](C(C)C)c1nc(cs1)C(=O)N[C@@H]2C(C)C. The molecule has 3 N–H and O–H groups in total. The zero-order valence-electron chi connectivity index (χ0n) is 21.9. The number of aromatic nitrogens is 3. The maximum absolute atomic E-state index is 13.3. The van der Waals surface area contributed by atoms with Crippen LogP contribution in [0.25, 0.3) is 0 Å². The molecule has 0 radical (unpaired) electrons. The highest BCUT2D eigenvalue weighted by Crippen LogP contribution is 2.30. The average Bonchev–Trinajstić information content (AvgIpc) is 3.57. The van der Waals surface area contributed by atoms with E-state index in [9.17, 15) is 14.4 Å². The van der Waals surface area contributed by atoms with E-state index in [-0.39, 0.29) is 52.5 Å². The lowest BCUT2D eigenvalue weighted by atomic mass is 10.0. The van der Waals surface area contributed by atoms with Crippen molar-refractivity contribution in [1.82, 2.24) is 30.9 Å². The Kier molecular flexibility index (Phi) is 7.79. The van der Waals surface area contributed by atoms with Crippen LogP contribution in [0.5, 0.6) is 0 Å². The summed E-state index contributed by atoms with van der Waals surface area (Å²) in [6.07, 6.45) is 0. The van der Waals surface area contributed by atoms with Crippen LogP contribution in [0.15, 0.2) is 15.2 Å². The summed E-state index contributed by atoms with van der Waals surface area (Å²) in [5.41, 5.74) is 0.649. The molecule has 0 saturated carbocycles. The van der Waals surface area contributed by atoms with Gasteiger partial charge in [-0.15, -0.1) is 22.7 Å². The van der Waals surface area contributed by atoms with E-state index in [1.807, 2.05) is 41.5 Å². The van der Waals surface area contributed by atoms with Gasteiger partial charge in [0.1, 0.15) is 33.2 Å². The van der Waals surface area contributed by atoms with Crippen molar-refractivity contribution in [2.45, 2.75) is 66.6 Å². The van der Waals surface area contributed by atoms with Gasteiger partial charge in [-0.25, -0.2) is 15.0 Å². The van der Waals surface area contributed by atoms with Crippen molar-refractivity contribution in [2.24, 2.45) is 17.8 Å². The minimum atomic E-state index is -0.570. The highest BCUT2D eigenvalue weighted by Gasteiger charge is 2.31. The number of fused-ring (bicyclic) bond motifs is 6. The predicted molar refractivity (Wildman–Crippen MR) is 141 cm³/mol. The highest BCUT2D eigenvalue weighted by molar-refractivity contribution is 7.10. The van der Waals surface area contributed by atoms with Gasteiger partial charge >= 0.3 is 0 Å². The van der Waals surface area contributed by atoms with Crippen molar-refractivity contribution in [3.05, 3.63) is 49.5 Å². The molecule has 198 valence electrons. The van der Waals surface area contributed by atoms with Gasteiger partial charge in [-0.1, -0.05) is 41.5 Å². The Morgan fingerprint density at radius 1 is 0.703 bits per heavy atom. The van der Waals surface area contributed by atoms with Crippen molar-refractivity contribution in [3.63, 3.8) is 0 Å². The fourth-order valence-corrected chi connectivity index (χ4v) is 6.05. The van der Waals surface area contributed by atoms with Gasteiger partial charge in [0, 0.05) is 10.8 Å². The summed E-state index contributed by atoms with van der Waals surface area (Å²) in [7, 11) is 0. The highest BCUT2D eigenvalue weighted by atomic mass is 32.1. The molecule has 0 spiro atoms. The van der Waals surface area contributed by atoms with Gasteiger partial charge in [0.15, 0.2) is 5.69 Å². The minimum Gasteiger partial charge on any atom is -0.443 e. The Morgan fingerprint density at radius 3 is 1.59 bits per heavy atom. The molecule has 0 aliphatic carbocycles. The second kappa shape index (κ2) is 10.7. The number of rotatable bonds is 3. The van der Waals surface area contributed by atoms with Gasteiger partial charge in [0.2, 0.25) is 5.89 Å². The minimum absolute atomic E-state index is 0.00291. The van der Waals surface area contributed by atoms with Gasteiger partial charge in [0.25, 0.3) is 17.7 Å². The zero-order chi connectivity index (χ0) is 27.0. The molecule has 12 heteroatoms. The first kappa shape index (κ1) is 26.9. The number of aryl methyl sites for hydroxylation is 1. The van der Waals surface area contributed by atoms with E-state index in [0.29, 0.717) is 15.8 Å². The molecule has 1 aliphatic rings. The number of hydrogen-bond donors (Lipinski definition) is 3. The molecule has 0 fully saturated rings. The molecule has 37 heavy (non-hydrogen) atoms. The van der Waals surface area contributed by atoms with E-state index in [4.69, 9.17) is 4.42 Å². The van der Waals surface area contributed by atoms with Crippen LogP contribution >= 0.6 is 22.7 Å². The molecule has 10 nitrogen and oxygen atoms in total. The molecule has 0 aromatic carbocycles. The van der Waals surface area contributed by atoms with Crippen LogP contribution in [0.1, 0.15) is 113 Å². The summed E-state index contributed by atoms with van der Waals surface area (Å²) >= 11 is 2.63. The molecule has 1 aliphatic heterocycles. The summed E-state index contributed by atoms with van der Waals surface area (Å²) in [6, 6.07) is -1.40. The van der Waals surface area contributed by atoms with Gasteiger partial charge in [-0.3, -0.25) is 14.4 Å². The smallest absolute Gasteiger partial charge is 0.274 e. The molecule has 3 amide bonds. The Bertz CT molecular complexity index is 1310. The molecule has 4 rings (SSSR count). The van der Waals surface area contributed by atoms with E-state index >= 15 is 0 Å². The summed E-state index contributed by atoms with van der Waals surface area (Å²) in [6.45, 7) is 13.4. The van der Waals surface area contributed by atoms with Gasteiger partial charge in [0.05, 0.1) is 12.1 Å². The fraction of sp³-hybridized carbons (Fsp3) is 0.520. The second-order valence-corrected chi connectivity index (χ2v) is 12.0. The van der Waals surface area contributed by atoms with Gasteiger partial charge in [-0.05, 0) is 24.7 Å². The fourth-order valence-electron chi connectivity index (χ4n) is 4.01. The maximum atomic E-state index is 13.3. The third kappa shape index (κ3) is 5.59. The van der Waals surface area contributed by atoms with Crippen molar-refractivity contribution >= 4 is 40.4 Å². The lowest BCUT2D eigenvalue weighted by Crippen LogP contribution is -2.34. The molecule has 6 bridgehead atoms. The van der Waals surface area contributed by atoms with Crippen LogP contribution in [0.2, 0.25) is 0 Å². The van der Waals surface area contributed by atoms with E-state index in [1.165, 1.54) is 22.7 Å². The molecule has 0 unspecified atom stereocenters. The first-order valence-electron chi connectivity index (χ1n) is 12.3. The molecule has 4 heterocycles. The molecule has 3 aromatic rings. The molecular weight excluding hydrogens is 512 g/mol. The van der Waals surface area contributed by atoms with Crippen LogP contribution in [0.3, 0.4) is 0 Å². The van der Waals surface area contributed by atoms with E-state index in [0.717, 1.165) is 0 Å². The number of thiazole rings is 2. The number of amides is 3. The third-order valence-electron chi connectivity index (χ3n) is 6.20. The average molecular weight is 545 g/mol. The monoisotopic (exact) mass is 544 g/mol. The van der Waals surface area contributed by atoms with Crippen molar-refractivity contribution in [1.29, 1.82) is 0 Å². The van der Waals surface area contributed by atoms with Gasteiger partial charge in [-0.2, -0.15) is 0 Å². The van der Waals surface area contributed by atoms with Crippen LogP contribution in [0.4, 0.5) is 0 Å². The second-order valence-electron chi connectivity index (χ2n) is 10.2. The summed E-state index contributed by atoms with van der Waals surface area (Å²) in [5.74, 6) is -0.572. The lowest BCUT2D eigenvalue weighted by Gasteiger charge is -2.21. The Hall–Kier alpha value is -3.12. The maximum Gasteiger partial charge on any atom is 0.274 e. The quantitative estimate of drug-likeness (QED) is 0.438. The summed E-state index contributed by atoms with van der Waals surface area (Å²) < 4.78 is 5.87. The van der Waals surface area contributed by atoms with Crippen molar-refractivity contribution in [2.75, 3.05) is 0 Å². The van der Waals surface area contributed by atoms with Crippen LogP contribution in [-0.4, -0.2) is 32.7 Å². The summed E-state index contributed by atoms with van der Waals surface area (Å²) in [4.78, 5) is 53.1. The Morgan fingerprint density at radius 2 is 1.14 bits per heavy atom. The number of carbonyl (C=O) groups excluding carboxylic acids is 3.